The van der Waals surface area contributed by atoms with Gasteiger partial charge in [0.25, 0.3) is 0 Å². The van der Waals surface area contributed by atoms with Gasteiger partial charge in [0.15, 0.2) is 11.6 Å². The largest absolute Gasteiger partial charge is 0.494 e. The topological polar surface area (TPSA) is 47.3 Å². The maximum absolute atomic E-state index is 13.8. The summed E-state index contributed by atoms with van der Waals surface area (Å²) < 4.78 is 19.7. The Labute approximate surface area is 126 Å². The highest BCUT2D eigenvalue weighted by Gasteiger charge is 2.16. The Morgan fingerprint density at radius 2 is 2.00 bits per heavy atom. The van der Waals surface area contributed by atoms with E-state index in [1.54, 1.807) is 12.1 Å². The number of nitrogens with two attached hydrogens (primary N) is 1. The van der Waals surface area contributed by atoms with Gasteiger partial charge < -0.3 is 4.74 Å². The molecule has 106 valence electrons. The lowest BCUT2D eigenvalue weighted by atomic mass is 9.95. The van der Waals surface area contributed by atoms with Gasteiger partial charge in [0.2, 0.25) is 0 Å². The second-order valence-corrected chi connectivity index (χ2v) is 5.41. The van der Waals surface area contributed by atoms with Gasteiger partial charge in [0, 0.05) is 4.47 Å². The molecule has 0 saturated heterocycles. The number of hydrazine groups is 1. The van der Waals surface area contributed by atoms with Crippen LogP contribution >= 0.6 is 15.9 Å². The van der Waals surface area contributed by atoms with Crippen molar-refractivity contribution in [2.75, 3.05) is 7.11 Å². The molecule has 3 N–H and O–H groups in total. The van der Waals surface area contributed by atoms with Crippen LogP contribution in [0.25, 0.3) is 0 Å². The van der Waals surface area contributed by atoms with Crippen LogP contribution in [0.3, 0.4) is 0 Å². The summed E-state index contributed by atoms with van der Waals surface area (Å²) >= 11 is 3.43. The average Bonchev–Trinajstić information content (AvgIpc) is 2.42. The van der Waals surface area contributed by atoms with E-state index in [4.69, 9.17) is 10.6 Å². The minimum absolute atomic E-state index is 0.219. The smallest absolute Gasteiger partial charge is 0.165 e. The molecule has 0 spiro atoms. The van der Waals surface area contributed by atoms with Crippen LogP contribution in [-0.4, -0.2) is 7.11 Å². The summed E-state index contributed by atoms with van der Waals surface area (Å²) in [5.74, 6) is 5.47. The number of benzene rings is 2. The summed E-state index contributed by atoms with van der Waals surface area (Å²) in [6.07, 6.45) is 0. The summed E-state index contributed by atoms with van der Waals surface area (Å²) in [7, 11) is 1.44. The molecule has 3 nitrogen and oxygen atoms in total. The van der Waals surface area contributed by atoms with Crippen LogP contribution in [0.15, 0.2) is 40.9 Å². The molecule has 1 unspecified atom stereocenters. The molecule has 2 rings (SSSR count). The molecule has 2 aromatic rings. The van der Waals surface area contributed by atoms with Crippen molar-refractivity contribution in [2.45, 2.75) is 13.0 Å². The van der Waals surface area contributed by atoms with Crippen LogP contribution in [-0.2, 0) is 0 Å². The number of hydrogen-bond acceptors (Lipinski definition) is 3. The molecule has 0 radical (unpaired) electrons. The third-order valence-electron chi connectivity index (χ3n) is 3.22. The normalized spacial score (nSPS) is 12.2. The van der Waals surface area contributed by atoms with Crippen LogP contribution in [0, 0.1) is 12.7 Å². The first-order valence-electron chi connectivity index (χ1n) is 6.12. The second kappa shape index (κ2) is 6.35. The molecule has 2 aromatic carbocycles. The van der Waals surface area contributed by atoms with E-state index in [2.05, 4.69) is 21.4 Å². The fourth-order valence-corrected chi connectivity index (χ4v) is 2.67. The Bertz CT molecular complexity index is 619. The zero-order valence-corrected chi connectivity index (χ0v) is 12.9. The Morgan fingerprint density at radius 1 is 1.25 bits per heavy atom. The predicted molar refractivity (Wildman–Crippen MR) is 81.0 cm³/mol. The third kappa shape index (κ3) is 3.00. The first-order chi connectivity index (χ1) is 9.56. The lowest BCUT2D eigenvalue weighted by Crippen LogP contribution is -2.29. The number of ether oxygens (including phenoxy) is 1. The summed E-state index contributed by atoms with van der Waals surface area (Å²) in [6, 6.07) is 10.5. The maximum Gasteiger partial charge on any atom is 0.165 e. The van der Waals surface area contributed by atoms with E-state index in [-0.39, 0.29) is 11.8 Å². The van der Waals surface area contributed by atoms with Gasteiger partial charge in [-0.05, 0) is 47.9 Å². The van der Waals surface area contributed by atoms with Crippen LogP contribution in [0.4, 0.5) is 4.39 Å². The Kier molecular flexibility index (Phi) is 4.75. The minimum atomic E-state index is -0.403. The molecule has 20 heavy (non-hydrogen) atoms. The van der Waals surface area contributed by atoms with E-state index in [0.717, 1.165) is 21.2 Å². The zero-order valence-electron chi connectivity index (χ0n) is 11.3. The van der Waals surface area contributed by atoms with Crippen LogP contribution in [0.2, 0.25) is 0 Å². The minimum Gasteiger partial charge on any atom is -0.494 e. The van der Waals surface area contributed by atoms with E-state index in [1.807, 2.05) is 25.1 Å². The molecule has 0 amide bonds. The van der Waals surface area contributed by atoms with Crippen molar-refractivity contribution in [1.82, 2.24) is 5.43 Å². The van der Waals surface area contributed by atoms with Crippen LogP contribution in [0.1, 0.15) is 22.7 Å². The average molecular weight is 339 g/mol. The molecular formula is C15H16BrFN2O. The van der Waals surface area contributed by atoms with Crippen molar-refractivity contribution in [3.8, 4) is 5.75 Å². The first kappa shape index (κ1) is 15.0. The SMILES string of the molecule is COc1ccc(C(NN)c2ccc(Br)cc2C)cc1F. The third-order valence-corrected chi connectivity index (χ3v) is 3.71. The molecule has 0 aromatic heterocycles. The van der Waals surface area contributed by atoms with Crippen LogP contribution in [0.5, 0.6) is 5.75 Å². The van der Waals surface area contributed by atoms with Gasteiger partial charge in [0.05, 0.1) is 13.2 Å². The van der Waals surface area contributed by atoms with Gasteiger partial charge in [-0.1, -0.05) is 28.1 Å². The zero-order chi connectivity index (χ0) is 14.7. The van der Waals surface area contributed by atoms with Crippen molar-refractivity contribution in [3.63, 3.8) is 0 Å². The highest BCUT2D eigenvalue weighted by atomic mass is 79.9. The van der Waals surface area contributed by atoms with E-state index < -0.39 is 5.82 Å². The Hall–Kier alpha value is -1.43. The first-order valence-corrected chi connectivity index (χ1v) is 6.91. The Morgan fingerprint density at radius 3 is 2.55 bits per heavy atom. The molecule has 0 bridgehead atoms. The molecule has 0 aliphatic rings. The molecule has 5 heteroatoms. The summed E-state index contributed by atoms with van der Waals surface area (Å²) in [5, 5.41) is 0. The lowest BCUT2D eigenvalue weighted by molar-refractivity contribution is 0.385. The molecule has 0 aliphatic carbocycles. The van der Waals surface area contributed by atoms with E-state index in [0.29, 0.717) is 0 Å². The number of rotatable bonds is 4. The summed E-state index contributed by atoms with van der Waals surface area (Å²) in [5.41, 5.74) is 5.55. The van der Waals surface area contributed by atoms with Crippen molar-refractivity contribution in [1.29, 1.82) is 0 Å². The standard InChI is InChI=1S/C15H16BrFN2O/c1-9-7-11(16)4-5-12(9)15(19-18)10-3-6-14(20-2)13(17)8-10/h3-8,15,19H,18H2,1-2H3. The Balaban J connectivity index is 2.44. The van der Waals surface area contributed by atoms with Crippen molar-refractivity contribution in [3.05, 3.63) is 63.4 Å². The number of nitrogens with one attached hydrogen (secondary N) is 1. The molecule has 0 saturated carbocycles. The van der Waals surface area contributed by atoms with Gasteiger partial charge in [-0.3, -0.25) is 5.84 Å². The second-order valence-electron chi connectivity index (χ2n) is 4.49. The van der Waals surface area contributed by atoms with Gasteiger partial charge >= 0.3 is 0 Å². The van der Waals surface area contributed by atoms with Crippen LogP contribution < -0.4 is 16.0 Å². The lowest BCUT2D eigenvalue weighted by Gasteiger charge is -2.20. The molecular weight excluding hydrogens is 323 g/mol. The summed E-state index contributed by atoms with van der Waals surface area (Å²) in [6.45, 7) is 1.99. The van der Waals surface area contributed by atoms with E-state index >= 15 is 0 Å². The van der Waals surface area contributed by atoms with Crippen molar-refractivity contribution < 1.29 is 9.13 Å². The molecule has 0 heterocycles. The predicted octanol–water partition coefficient (Wildman–Crippen LogP) is 3.46. The highest BCUT2D eigenvalue weighted by molar-refractivity contribution is 9.10. The van der Waals surface area contributed by atoms with E-state index in [9.17, 15) is 4.39 Å². The van der Waals surface area contributed by atoms with Gasteiger partial charge in [-0.25, -0.2) is 9.82 Å². The molecule has 0 fully saturated rings. The van der Waals surface area contributed by atoms with Gasteiger partial charge in [-0.2, -0.15) is 0 Å². The fourth-order valence-electron chi connectivity index (χ4n) is 2.19. The quantitative estimate of drug-likeness (QED) is 0.663. The van der Waals surface area contributed by atoms with Crippen molar-refractivity contribution >= 4 is 15.9 Å². The van der Waals surface area contributed by atoms with Crippen molar-refractivity contribution in [2.24, 2.45) is 5.84 Å². The molecule has 1 atom stereocenters. The number of aryl methyl sites for hydroxylation is 1. The molecule has 0 aliphatic heterocycles. The maximum atomic E-state index is 13.8. The van der Waals surface area contributed by atoms with Gasteiger partial charge in [0.1, 0.15) is 0 Å². The summed E-state index contributed by atoms with van der Waals surface area (Å²) in [4.78, 5) is 0. The fraction of sp³-hybridized carbons (Fsp3) is 0.200. The van der Waals surface area contributed by atoms with E-state index in [1.165, 1.54) is 13.2 Å². The highest BCUT2D eigenvalue weighted by Crippen LogP contribution is 2.29. The monoisotopic (exact) mass is 338 g/mol. The van der Waals surface area contributed by atoms with Gasteiger partial charge in [-0.15, -0.1) is 0 Å². The number of halogens is 2. The number of hydrogen-bond donors (Lipinski definition) is 2. The number of methoxy groups -OCH3 is 1.